The topological polar surface area (TPSA) is 26.8 Å². The molecule has 1 atom stereocenters. The molecule has 0 radical (unpaired) electrons. The molecule has 0 spiro atoms. The molecular weight excluding hydrogens is 274 g/mol. The van der Waals surface area contributed by atoms with Crippen LogP contribution in [-0.2, 0) is 4.79 Å². The number of anilines is 1. The van der Waals surface area contributed by atoms with Crippen molar-refractivity contribution in [1.29, 1.82) is 0 Å². The van der Waals surface area contributed by atoms with E-state index in [2.05, 4.69) is 23.3 Å². The van der Waals surface area contributed by atoms with E-state index >= 15 is 0 Å². The van der Waals surface area contributed by atoms with Crippen LogP contribution in [0.5, 0.6) is 0 Å². The van der Waals surface area contributed by atoms with E-state index in [0.717, 1.165) is 51.4 Å². The molecular formula is C18H25N3O. The lowest BCUT2D eigenvalue weighted by Crippen LogP contribution is -2.52. The molecule has 118 valence electrons. The number of amides is 1. The van der Waals surface area contributed by atoms with Crippen LogP contribution >= 0.6 is 0 Å². The van der Waals surface area contributed by atoms with Crippen molar-refractivity contribution in [2.45, 2.75) is 19.4 Å². The number of hydrogen-bond donors (Lipinski definition) is 0. The number of para-hydroxylation sites is 1. The summed E-state index contributed by atoms with van der Waals surface area (Å²) in [7, 11) is 0. The van der Waals surface area contributed by atoms with Crippen LogP contribution in [0.3, 0.4) is 0 Å². The van der Waals surface area contributed by atoms with Crippen LogP contribution in [0.2, 0.25) is 0 Å². The third-order valence-electron chi connectivity index (χ3n) is 4.59. The standard InChI is InChI=1S/C18H25N3O/c1-15(2)14-19-10-12-20(13-11-19)17-8-9-21(18(17)22)16-6-4-3-5-7-16/h3-7,17H,1,8-14H2,2H3. The smallest absolute Gasteiger partial charge is 0.244 e. The zero-order chi connectivity index (χ0) is 15.5. The largest absolute Gasteiger partial charge is 0.311 e. The Morgan fingerprint density at radius 1 is 1.14 bits per heavy atom. The van der Waals surface area contributed by atoms with Gasteiger partial charge in [-0.1, -0.05) is 30.4 Å². The van der Waals surface area contributed by atoms with Crippen molar-refractivity contribution in [1.82, 2.24) is 9.80 Å². The minimum absolute atomic E-state index is 0.0622. The molecule has 1 aromatic rings. The highest BCUT2D eigenvalue weighted by molar-refractivity contribution is 5.99. The van der Waals surface area contributed by atoms with Gasteiger partial charge in [-0.05, 0) is 25.5 Å². The molecule has 1 unspecified atom stereocenters. The van der Waals surface area contributed by atoms with Crippen LogP contribution < -0.4 is 4.90 Å². The molecule has 2 aliphatic rings. The van der Waals surface area contributed by atoms with Crippen molar-refractivity contribution >= 4 is 11.6 Å². The molecule has 0 aliphatic carbocycles. The number of carbonyl (C=O) groups is 1. The van der Waals surface area contributed by atoms with E-state index in [1.807, 2.05) is 35.2 Å². The summed E-state index contributed by atoms with van der Waals surface area (Å²) in [6.45, 7) is 11.9. The highest BCUT2D eigenvalue weighted by atomic mass is 16.2. The van der Waals surface area contributed by atoms with E-state index in [4.69, 9.17) is 0 Å². The van der Waals surface area contributed by atoms with Crippen LogP contribution in [0.4, 0.5) is 5.69 Å². The number of benzene rings is 1. The van der Waals surface area contributed by atoms with E-state index in [1.165, 1.54) is 5.57 Å². The van der Waals surface area contributed by atoms with Gasteiger partial charge in [0.05, 0.1) is 6.04 Å². The first-order valence-corrected chi connectivity index (χ1v) is 8.12. The Kier molecular flexibility index (Phi) is 4.60. The van der Waals surface area contributed by atoms with Gasteiger partial charge in [-0.15, -0.1) is 0 Å². The van der Waals surface area contributed by atoms with E-state index in [9.17, 15) is 4.79 Å². The Bertz CT molecular complexity index is 535. The van der Waals surface area contributed by atoms with Gasteiger partial charge >= 0.3 is 0 Å². The molecule has 0 bridgehead atoms. The molecule has 4 nitrogen and oxygen atoms in total. The van der Waals surface area contributed by atoms with Gasteiger partial charge in [-0.2, -0.15) is 0 Å². The summed E-state index contributed by atoms with van der Waals surface area (Å²) in [5.41, 5.74) is 2.23. The van der Waals surface area contributed by atoms with Crippen molar-refractivity contribution in [3.63, 3.8) is 0 Å². The molecule has 22 heavy (non-hydrogen) atoms. The number of carbonyl (C=O) groups excluding carboxylic acids is 1. The first-order chi connectivity index (χ1) is 10.6. The first kappa shape index (κ1) is 15.3. The zero-order valence-electron chi connectivity index (χ0n) is 13.4. The maximum Gasteiger partial charge on any atom is 0.244 e. The van der Waals surface area contributed by atoms with Gasteiger partial charge in [0.15, 0.2) is 0 Å². The van der Waals surface area contributed by atoms with Gasteiger partial charge < -0.3 is 4.90 Å². The maximum atomic E-state index is 12.7. The van der Waals surface area contributed by atoms with Crippen molar-refractivity contribution in [2.75, 3.05) is 44.2 Å². The summed E-state index contributed by atoms with van der Waals surface area (Å²) >= 11 is 0. The van der Waals surface area contributed by atoms with Gasteiger partial charge in [-0.25, -0.2) is 0 Å². The molecule has 2 fully saturated rings. The quantitative estimate of drug-likeness (QED) is 0.796. The van der Waals surface area contributed by atoms with Crippen LogP contribution in [0.25, 0.3) is 0 Å². The Balaban J connectivity index is 1.59. The zero-order valence-corrected chi connectivity index (χ0v) is 13.4. The Hall–Kier alpha value is -1.65. The van der Waals surface area contributed by atoms with E-state index in [-0.39, 0.29) is 11.9 Å². The Morgan fingerprint density at radius 2 is 1.82 bits per heavy atom. The molecule has 2 heterocycles. The maximum absolute atomic E-state index is 12.7. The molecule has 3 rings (SSSR count). The fourth-order valence-corrected chi connectivity index (χ4v) is 3.48. The lowest BCUT2D eigenvalue weighted by molar-refractivity contribution is -0.122. The van der Waals surface area contributed by atoms with Crippen molar-refractivity contribution in [2.24, 2.45) is 0 Å². The summed E-state index contributed by atoms with van der Waals surface area (Å²) in [5.74, 6) is 0.263. The summed E-state index contributed by atoms with van der Waals surface area (Å²) < 4.78 is 0. The fourth-order valence-electron chi connectivity index (χ4n) is 3.48. The summed E-state index contributed by atoms with van der Waals surface area (Å²) in [6, 6.07) is 10.1. The molecule has 0 N–H and O–H groups in total. The van der Waals surface area contributed by atoms with Crippen LogP contribution in [0.1, 0.15) is 13.3 Å². The molecule has 2 aliphatic heterocycles. The first-order valence-electron chi connectivity index (χ1n) is 8.12. The van der Waals surface area contributed by atoms with Crippen molar-refractivity contribution in [3.8, 4) is 0 Å². The van der Waals surface area contributed by atoms with Gasteiger partial charge in [0, 0.05) is 45.0 Å². The lowest BCUT2D eigenvalue weighted by atomic mass is 10.1. The second kappa shape index (κ2) is 6.63. The third kappa shape index (κ3) is 3.23. The van der Waals surface area contributed by atoms with Gasteiger partial charge in [0.25, 0.3) is 0 Å². The van der Waals surface area contributed by atoms with Crippen LogP contribution in [0, 0.1) is 0 Å². The predicted octanol–water partition coefficient (Wildman–Crippen LogP) is 1.99. The fraction of sp³-hybridized carbons (Fsp3) is 0.500. The van der Waals surface area contributed by atoms with Gasteiger partial charge in [-0.3, -0.25) is 14.6 Å². The van der Waals surface area contributed by atoms with Gasteiger partial charge in [0.1, 0.15) is 0 Å². The highest BCUT2D eigenvalue weighted by Crippen LogP contribution is 2.24. The van der Waals surface area contributed by atoms with Crippen LogP contribution in [-0.4, -0.2) is 61.0 Å². The normalized spacial score (nSPS) is 24.0. The second-order valence-corrected chi connectivity index (χ2v) is 6.40. The minimum atomic E-state index is 0.0622. The lowest BCUT2D eigenvalue weighted by Gasteiger charge is -2.37. The molecule has 2 saturated heterocycles. The number of rotatable bonds is 4. The summed E-state index contributed by atoms with van der Waals surface area (Å²) in [6.07, 6.45) is 0.939. The van der Waals surface area contributed by atoms with E-state index in [1.54, 1.807) is 0 Å². The molecule has 0 aromatic heterocycles. The molecule has 0 saturated carbocycles. The molecule has 4 heteroatoms. The number of nitrogens with zero attached hydrogens (tertiary/aromatic N) is 3. The molecule has 1 amide bonds. The van der Waals surface area contributed by atoms with E-state index in [0.29, 0.717) is 0 Å². The van der Waals surface area contributed by atoms with E-state index < -0.39 is 0 Å². The summed E-state index contributed by atoms with van der Waals surface area (Å²) in [4.78, 5) is 19.4. The SMILES string of the molecule is C=C(C)CN1CCN(C2CCN(c3ccccc3)C2=O)CC1. The Morgan fingerprint density at radius 3 is 2.45 bits per heavy atom. The predicted molar refractivity (Wildman–Crippen MR) is 90.0 cm³/mol. The molecule has 1 aromatic carbocycles. The Labute approximate surface area is 133 Å². The minimum Gasteiger partial charge on any atom is -0.311 e. The van der Waals surface area contributed by atoms with Gasteiger partial charge in [0.2, 0.25) is 5.91 Å². The van der Waals surface area contributed by atoms with Crippen LogP contribution in [0.15, 0.2) is 42.5 Å². The number of hydrogen-bond acceptors (Lipinski definition) is 3. The monoisotopic (exact) mass is 299 g/mol. The second-order valence-electron chi connectivity index (χ2n) is 6.40. The van der Waals surface area contributed by atoms with Crippen molar-refractivity contribution < 1.29 is 4.79 Å². The average Bonchev–Trinajstić information content (AvgIpc) is 2.90. The highest BCUT2D eigenvalue weighted by Gasteiger charge is 2.37. The average molecular weight is 299 g/mol. The van der Waals surface area contributed by atoms with Crippen molar-refractivity contribution in [3.05, 3.63) is 42.5 Å². The third-order valence-corrected chi connectivity index (χ3v) is 4.59. The summed E-state index contributed by atoms with van der Waals surface area (Å²) in [5, 5.41) is 0. The number of piperazine rings is 1.